The van der Waals surface area contributed by atoms with Crippen molar-refractivity contribution in [3.63, 3.8) is 0 Å². The number of aromatic nitrogens is 4. The van der Waals surface area contributed by atoms with Gasteiger partial charge in [-0.05, 0) is 6.92 Å². The van der Waals surface area contributed by atoms with E-state index < -0.39 is 0 Å². The number of H-pyrrole nitrogens is 1. The van der Waals surface area contributed by atoms with Gasteiger partial charge in [-0.1, -0.05) is 0 Å². The summed E-state index contributed by atoms with van der Waals surface area (Å²) in [4.78, 5) is 18.0. The fraction of sp³-hybridized carbons (Fsp3) is 0.500. The number of fused-ring (bicyclic) bond motifs is 1. The molecule has 6 heteroatoms. The minimum absolute atomic E-state index is 0.534. The second-order valence-electron chi connectivity index (χ2n) is 3.90. The maximum absolute atomic E-state index is 4.37. The minimum Gasteiger partial charge on any atom is -0.349 e. The zero-order chi connectivity index (χ0) is 11.0. The van der Waals surface area contributed by atoms with Crippen molar-refractivity contribution in [2.24, 2.45) is 0 Å². The van der Waals surface area contributed by atoms with Crippen molar-refractivity contribution in [2.75, 3.05) is 24.5 Å². The molecule has 1 aliphatic heterocycles. The van der Waals surface area contributed by atoms with Gasteiger partial charge in [0.05, 0.1) is 12.4 Å². The van der Waals surface area contributed by atoms with Crippen LogP contribution in [0, 0.1) is 0 Å². The SMILES string of the molecule is CCN(c1ncnc2nc[nH]c12)C1CNC1. The maximum atomic E-state index is 4.37. The molecule has 0 unspecified atom stereocenters. The number of rotatable bonds is 3. The molecule has 0 amide bonds. The Balaban J connectivity index is 2.05. The smallest absolute Gasteiger partial charge is 0.182 e. The van der Waals surface area contributed by atoms with Gasteiger partial charge in [-0.3, -0.25) is 0 Å². The van der Waals surface area contributed by atoms with E-state index in [1.54, 1.807) is 12.7 Å². The molecule has 1 saturated heterocycles. The molecule has 0 atom stereocenters. The average molecular weight is 218 g/mol. The fourth-order valence-corrected chi connectivity index (χ4v) is 2.04. The van der Waals surface area contributed by atoms with Crippen molar-refractivity contribution in [2.45, 2.75) is 13.0 Å². The van der Waals surface area contributed by atoms with E-state index in [9.17, 15) is 0 Å². The number of nitrogens with one attached hydrogen (secondary N) is 2. The zero-order valence-electron chi connectivity index (χ0n) is 9.14. The van der Waals surface area contributed by atoms with E-state index in [2.05, 4.69) is 37.1 Å². The van der Waals surface area contributed by atoms with E-state index in [0.717, 1.165) is 36.6 Å². The summed E-state index contributed by atoms with van der Waals surface area (Å²) in [6.45, 7) is 5.13. The number of aromatic amines is 1. The first-order valence-electron chi connectivity index (χ1n) is 5.51. The summed E-state index contributed by atoms with van der Waals surface area (Å²) >= 11 is 0. The fourth-order valence-electron chi connectivity index (χ4n) is 2.04. The van der Waals surface area contributed by atoms with Crippen LogP contribution in [-0.2, 0) is 0 Å². The Kier molecular flexibility index (Phi) is 2.21. The third-order valence-electron chi connectivity index (χ3n) is 3.02. The molecule has 3 heterocycles. The number of anilines is 1. The van der Waals surface area contributed by atoms with Gasteiger partial charge in [-0.25, -0.2) is 15.0 Å². The van der Waals surface area contributed by atoms with Gasteiger partial charge in [0.2, 0.25) is 0 Å². The third kappa shape index (κ3) is 1.34. The number of nitrogens with zero attached hydrogens (tertiary/aromatic N) is 4. The summed E-state index contributed by atoms with van der Waals surface area (Å²) in [6.07, 6.45) is 3.24. The van der Waals surface area contributed by atoms with E-state index in [0.29, 0.717) is 6.04 Å². The molecule has 2 aromatic rings. The van der Waals surface area contributed by atoms with Crippen LogP contribution in [0.25, 0.3) is 11.2 Å². The topological polar surface area (TPSA) is 69.7 Å². The number of hydrogen-bond acceptors (Lipinski definition) is 5. The first-order valence-corrected chi connectivity index (χ1v) is 5.51. The van der Waals surface area contributed by atoms with E-state index in [1.807, 2.05) is 0 Å². The molecule has 0 aliphatic carbocycles. The summed E-state index contributed by atoms with van der Waals surface area (Å²) in [5.74, 6) is 0.955. The highest BCUT2D eigenvalue weighted by atomic mass is 15.3. The van der Waals surface area contributed by atoms with E-state index in [1.165, 1.54) is 0 Å². The molecule has 16 heavy (non-hydrogen) atoms. The number of hydrogen-bond donors (Lipinski definition) is 2. The Hall–Kier alpha value is -1.69. The Bertz CT molecular complexity index is 489. The lowest BCUT2D eigenvalue weighted by molar-refractivity contribution is 0.416. The normalized spacial score (nSPS) is 16.3. The van der Waals surface area contributed by atoms with Crippen LogP contribution in [-0.4, -0.2) is 45.6 Å². The lowest BCUT2D eigenvalue weighted by Crippen LogP contribution is -2.57. The summed E-state index contributed by atoms with van der Waals surface area (Å²) < 4.78 is 0. The van der Waals surface area contributed by atoms with Crippen molar-refractivity contribution < 1.29 is 0 Å². The Morgan fingerprint density at radius 3 is 2.94 bits per heavy atom. The van der Waals surface area contributed by atoms with E-state index >= 15 is 0 Å². The molecular formula is C10H14N6. The standard InChI is InChI=1S/C10H14N6/c1-2-16(7-3-11-4-7)10-8-9(13-5-12-8)14-6-15-10/h5-7,11H,2-4H2,1H3,(H,12,13,14,15). The van der Waals surface area contributed by atoms with Crippen molar-refractivity contribution in [3.05, 3.63) is 12.7 Å². The van der Waals surface area contributed by atoms with Crippen molar-refractivity contribution in [1.29, 1.82) is 0 Å². The van der Waals surface area contributed by atoms with Crippen LogP contribution in [0.3, 0.4) is 0 Å². The van der Waals surface area contributed by atoms with Crippen molar-refractivity contribution in [1.82, 2.24) is 25.3 Å². The van der Waals surface area contributed by atoms with Gasteiger partial charge in [0, 0.05) is 19.6 Å². The Morgan fingerprint density at radius 2 is 2.25 bits per heavy atom. The van der Waals surface area contributed by atoms with Crippen LogP contribution in [0.15, 0.2) is 12.7 Å². The molecule has 0 spiro atoms. The highest BCUT2D eigenvalue weighted by molar-refractivity contribution is 5.82. The molecule has 1 fully saturated rings. The molecule has 84 valence electrons. The van der Waals surface area contributed by atoms with Gasteiger partial charge < -0.3 is 15.2 Å². The first-order chi connectivity index (χ1) is 7.90. The van der Waals surface area contributed by atoms with Gasteiger partial charge in [-0.15, -0.1) is 0 Å². The number of likely N-dealkylation sites (N-methyl/N-ethyl adjacent to an activating group) is 1. The Labute approximate surface area is 93.1 Å². The zero-order valence-corrected chi connectivity index (χ0v) is 9.14. The van der Waals surface area contributed by atoms with Crippen LogP contribution in [0.1, 0.15) is 6.92 Å². The summed E-state index contributed by atoms with van der Waals surface area (Å²) in [5.41, 5.74) is 1.66. The molecule has 0 bridgehead atoms. The van der Waals surface area contributed by atoms with Crippen LogP contribution < -0.4 is 10.2 Å². The highest BCUT2D eigenvalue weighted by Crippen LogP contribution is 2.22. The average Bonchev–Trinajstić information content (AvgIpc) is 2.70. The van der Waals surface area contributed by atoms with Crippen LogP contribution in [0.4, 0.5) is 5.82 Å². The predicted molar refractivity (Wildman–Crippen MR) is 61.4 cm³/mol. The monoisotopic (exact) mass is 218 g/mol. The Morgan fingerprint density at radius 1 is 1.38 bits per heavy atom. The van der Waals surface area contributed by atoms with Gasteiger partial charge in [0.1, 0.15) is 11.8 Å². The highest BCUT2D eigenvalue weighted by Gasteiger charge is 2.26. The molecule has 2 N–H and O–H groups in total. The second-order valence-corrected chi connectivity index (χ2v) is 3.90. The molecule has 2 aromatic heterocycles. The molecule has 0 aromatic carbocycles. The molecular weight excluding hydrogens is 204 g/mol. The van der Waals surface area contributed by atoms with E-state index in [4.69, 9.17) is 0 Å². The minimum atomic E-state index is 0.534. The summed E-state index contributed by atoms with van der Waals surface area (Å²) in [5, 5.41) is 3.28. The van der Waals surface area contributed by atoms with Crippen molar-refractivity contribution >= 4 is 17.0 Å². The van der Waals surface area contributed by atoms with Gasteiger partial charge in [-0.2, -0.15) is 0 Å². The summed E-state index contributed by atoms with van der Waals surface area (Å²) in [7, 11) is 0. The maximum Gasteiger partial charge on any atom is 0.182 e. The number of imidazole rings is 1. The molecule has 3 rings (SSSR count). The largest absolute Gasteiger partial charge is 0.349 e. The molecule has 1 aliphatic rings. The quantitative estimate of drug-likeness (QED) is 0.767. The summed E-state index contributed by atoms with van der Waals surface area (Å²) in [6, 6.07) is 0.534. The molecule has 0 radical (unpaired) electrons. The van der Waals surface area contributed by atoms with Crippen molar-refractivity contribution in [3.8, 4) is 0 Å². The lowest BCUT2D eigenvalue weighted by Gasteiger charge is -2.38. The van der Waals surface area contributed by atoms with Gasteiger partial charge in [0.15, 0.2) is 11.5 Å². The van der Waals surface area contributed by atoms with Crippen LogP contribution >= 0.6 is 0 Å². The second kappa shape index (κ2) is 3.71. The van der Waals surface area contributed by atoms with Crippen LogP contribution in [0.2, 0.25) is 0 Å². The van der Waals surface area contributed by atoms with Gasteiger partial charge >= 0.3 is 0 Å². The van der Waals surface area contributed by atoms with Crippen LogP contribution in [0.5, 0.6) is 0 Å². The van der Waals surface area contributed by atoms with Gasteiger partial charge in [0.25, 0.3) is 0 Å². The lowest BCUT2D eigenvalue weighted by atomic mass is 10.1. The predicted octanol–water partition coefficient (Wildman–Crippen LogP) is 0.151. The van der Waals surface area contributed by atoms with E-state index in [-0.39, 0.29) is 0 Å². The molecule has 0 saturated carbocycles. The molecule has 6 nitrogen and oxygen atoms in total. The third-order valence-corrected chi connectivity index (χ3v) is 3.02. The first kappa shape index (κ1) is 9.53.